The van der Waals surface area contributed by atoms with Gasteiger partial charge in [-0.05, 0) is 29.1 Å². The van der Waals surface area contributed by atoms with Crippen molar-refractivity contribution in [2.24, 2.45) is 5.18 Å². The third-order valence-corrected chi connectivity index (χ3v) is 7.58. The first kappa shape index (κ1) is 29.0. The van der Waals surface area contributed by atoms with E-state index in [0.29, 0.717) is 5.56 Å². The number of nitriles is 1. The summed E-state index contributed by atoms with van der Waals surface area (Å²) >= 11 is 4.87. The SMILES string of the molecule is N#CCCOP(O)(=S)OC[C@]1(N=O)O[C@@H](n2cnc3c(NC(=O)c4ccccc4)ncnc32)C[C@@H]1O[PH](=O)O. The molecule has 3 aromatic rings. The van der Waals surface area contributed by atoms with Crippen LogP contribution in [0.3, 0.4) is 0 Å². The molecule has 1 aliphatic heterocycles. The number of carbonyl (C=O) groups excluding carboxylic acids is 1. The lowest BCUT2D eigenvalue weighted by Gasteiger charge is -2.27. The van der Waals surface area contributed by atoms with Gasteiger partial charge in [-0.25, -0.2) is 15.0 Å². The summed E-state index contributed by atoms with van der Waals surface area (Å²) in [5, 5.41) is 14.2. The number of rotatable bonds is 12. The van der Waals surface area contributed by atoms with Crippen LogP contribution in [0.25, 0.3) is 11.2 Å². The van der Waals surface area contributed by atoms with Crippen molar-refractivity contribution in [2.45, 2.75) is 30.9 Å². The summed E-state index contributed by atoms with van der Waals surface area (Å²) in [7, 11) is -3.58. The van der Waals surface area contributed by atoms with E-state index in [0.717, 1.165) is 0 Å². The summed E-state index contributed by atoms with van der Waals surface area (Å²) in [4.78, 5) is 56.8. The predicted octanol–water partition coefficient (Wildman–Crippen LogP) is 2.39. The lowest BCUT2D eigenvalue weighted by Crippen LogP contribution is -2.42. The number of fused-ring (bicyclic) bond motifs is 1. The number of amides is 1. The molecule has 1 fully saturated rings. The highest BCUT2D eigenvalue weighted by Crippen LogP contribution is 2.49. The lowest BCUT2D eigenvalue weighted by molar-refractivity contribution is -0.114. The van der Waals surface area contributed by atoms with Gasteiger partial charge < -0.3 is 33.4 Å². The Labute approximate surface area is 226 Å². The Balaban J connectivity index is 1.59. The van der Waals surface area contributed by atoms with Crippen LogP contribution in [0.15, 0.2) is 48.2 Å². The maximum atomic E-state index is 12.6. The van der Waals surface area contributed by atoms with Crippen molar-refractivity contribution in [2.75, 3.05) is 18.5 Å². The molecule has 16 nitrogen and oxygen atoms in total. The number of imidazole rings is 1. The van der Waals surface area contributed by atoms with Crippen molar-refractivity contribution in [3.8, 4) is 6.07 Å². The van der Waals surface area contributed by atoms with Gasteiger partial charge in [0.1, 0.15) is 25.3 Å². The molecule has 1 saturated heterocycles. The highest BCUT2D eigenvalue weighted by Gasteiger charge is 2.54. The van der Waals surface area contributed by atoms with Crippen molar-refractivity contribution in [3.63, 3.8) is 0 Å². The van der Waals surface area contributed by atoms with E-state index in [4.69, 9.17) is 35.4 Å². The van der Waals surface area contributed by atoms with Crippen LogP contribution in [0.4, 0.5) is 5.82 Å². The van der Waals surface area contributed by atoms with Gasteiger partial charge in [0.25, 0.3) is 11.6 Å². The fourth-order valence-corrected chi connectivity index (χ4v) is 5.38. The smallest absolute Gasteiger partial charge is 0.324 e. The molecule has 0 bridgehead atoms. The van der Waals surface area contributed by atoms with E-state index >= 15 is 0 Å². The van der Waals surface area contributed by atoms with E-state index in [1.54, 1.807) is 30.3 Å². The Bertz CT molecular complexity index is 1470. The van der Waals surface area contributed by atoms with Crippen molar-refractivity contribution >= 4 is 49.7 Å². The molecule has 1 aliphatic rings. The van der Waals surface area contributed by atoms with Crippen molar-refractivity contribution in [3.05, 3.63) is 53.5 Å². The van der Waals surface area contributed by atoms with Gasteiger partial charge in [-0.3, -0.25) is 13.9 Å². The van der Waals surface area contributed by atoms with Crippen molar-refractivity contribution < 1.29 is 37.5 Å². The van der Waals surface area contributed by atoms with Crippen molar-refractivity contribution in [1.82, 2.24) is 19.5 Å². The second-order valence-corrected chi connectivity index (χ2v) is 11.6. The van der Waals surface area contributed by atoms with Gasteiger partial charge >= 0.3 is 15.0 Å². The normalized spacial score (nSPS) is 23.1. The lowest BCUT2D eigenvalue weighted by atomic mass is 10.1. The van der Waals surface area contributed by atoms with Gasteiger partial charge in [0.15, 0.2) is 17.0 Å². The maximum Gasteiger partial charge on any atom is 0.324 e. The number of benzene rings is 1. The zero-order valence-corrected chi connectivity index (χ0v) is 22.5. The Morgan fingerprint density at radius 1 is 1.36 bits per heavy atom. The first-order chi connectivity index (χ1) is 18.7. The molecule has 206 valence electrons. The van der Waals surface area contributed by atoms with Crippen LogP contribution in [0.2, 0.25) is 0 Å². The molecule has 4 rings (SSSR count). The van der Waals surface area contributed by atoms with Gasteiger partial charge in [-0.2, -0.15) is 5.26 Å². The Morgan fingerprint density at radius 3 is 2.82 bits per heavy atom. The van der Waals surface area contributed by atoms with E-state index in [9.17, 15) is 24.1 Å². The molecule has 5 atom stereocenters. The van der Waals surface area contributed by atoms with Crippen LogP contribution < -0.4 is 5.32 Å². The average Bonchev–Trinajstić information content (AvgIpc) is 3.50. The molecule has 0 radical (unpaired) electrons. The van der Waals surface area contributed by atoms with E-state index in [1.165, 1.54) is 17.2 Å². The maximum absolute atomic E-state index is 12.6. The number of nitrogens with one attached hydrogen (secondary N) is 1. The van der Waals surface area contributed by atoms with Gasteiger partial charge in [-0.15, -0.1) is 4.91 Å². The molecule has 2 unspecified atom stereocenters. The Hall–Kier alpha value is -3.03. The first-order valence-electron chi connectivity index (χ1n) is 11.1. The van der Waals surface area contributed by atoms with E-state index in [-0.39, 0.29) is 36.4 Å². The Kier molecular flexibility index (Phi) is 9.23. The molecule has 19 heteroatoms. The van der Waals surface area contributed by atoms with Gasteiger partial charge in [0.05, 0.1) is 25.4 Å². The third kappa shape index (κ3) is 6.76. The second-order valence-electron chi connectivity index (χ2n) is 7.97. The van der Waals surface area contributed by atoms with Crippen LogP contribution in [0.5, 0.6) is 0 Å². The number of hydrogen-bond donors (Lipinski definition) is 3. The highest BCUT2D eigenvalue weighted by molar-refractivity contribution is 8.07. The van der Waals surface area contributed by atoms with Crippen LogP contribution in [0.1, 0.15) is 29.4 Å². The van der Waals surface area contributed by atoms with E-state index in [1.807, 2.05) is 6.07 Å². The summed E-state index contributed by atoms with van der Waals surface area (Å²) in [5.41, 5.74) is -1.43. The first-order valence-corrected chi connectivity index (χ1v) is 15.0. The molecule has 1 amide bonds. The molecule has 0 spiro atoms. The Morgan fingerprint density at radius 2 is 2.13 bits per heavy atom. The fourth-order valence-electron chi connectivity index (χ4n) is 3.73. The molecule has 3 heterocycles. The quantitative estimate of drug-likeness (QED) is 0.155. The highest BCUT2D eigenvalue weighted by atomic mass is 32.5. The molecule has 1 aromatic carbocycles. The fraction of sp³-hybridized carbons (Fsp3) is 0.350. The molecular formula is C20H21N7O9P2S. The van der Waals surface area contributed by atoms with Gasteiger partial charge in [0.2, 0.25) is 0 Å². The molecule has 0 saturated carbocycles. The number of ether oxygens (including phenoxy) is 1. The van der Waals surface area contributed by atoms with Crippen LogP contribution in [-0.4, -0.2) is 60.3 Å². The molecule has 3 N–H and O–H groups in total. The number of nitrogens with zero attached hydrogens (tertiary/aromatic N) is 6. The average molecular weight is 597 g/mol. The zero-order valence-electron chi connectivity index (χ0n) is 19.8. The van der Waals surface area contributed by atoms with Crippen molar-refractivity contribution in [1.29, 1.82) is 5.26 Å². The van der Waals surface area contributed by atoms with Gasteiger partial charge in [0, 0.05) is 12.0 Å². The van der Waals surface area contributed by atoms with Crippen LogP contribution >= 0.6 is 15.0 Å². The zero-order chi connectivity index (χ0) is 28.0. The largest absolute Gasteiger partial charge is 0.326 e. The number of anilines is 1. The summed E-state index contributed by atoms with van der Waals surface area (Å²) in [6.07, 6.45) is -0.222. The summed E-state index contributed by atoms with van der Waals surface area (Å²) in [5.74, 6) is -0.320. The minimum absolute atomic E-state index is 0.0699. The molecular weight excluding hydrogens is 576 g/mol. The monoisotopic (exact) mass is 597 g/mol. The van der Waals surface area contributed by atoms with Gasteiger partial charge in [-0.1, -0.05) is 18.2 Å². The number of aromatic nitrogens is 4. The van der Waals surface area contributed by atoms with Crippen LogP contribution in [-0.2, 0) is 34.7 Å². The molecule has 2 aromatic heterocycles. The predicted molar refractivity (Wildman–Crippen MR) is 138 cm³/mol. The molecule has 39 heavy (non-hydrogen) atoms. The standard InChI is InChI=1S/C20H21N7O9P2S/c21-7-4-8-33-38(32,39)34-10-20(26-29)14(36-37(30)31)9-15(35-20)27-12-24-16-17(22-11-23-18(16)27)25-19(28)13-5-2-1-3-6-13/h1-3,5-6,11-12,14-15,37H,4,8-10H2,(H,30,31)(H,32,39)(H,22,23,25,28)/t14-,15+,20-,38?/m0/s1. The van der Waals surface area contributed by atoms with E-state index in [2.05, 4.69) is 25.4 Å². The van der Waals surface area contributed by atoms with E-state index < -0.39 is 45.5 Å². The number of hydrogen-bond acceptors (Lipinski definition) is 13. The summed E-state index contributed by atoms with van der Waals surface area (Å²) in [6.45, 7) is -4.92. The number of nitroso groups, excluding NO2 is 1. The van der Waals surface area contributed by atoms with Crippen LogP contribution in [0, 0.1) is 16.2 Å². The minimum atomic E-state index is -3.92. The second kappa shape index (κ2) is 12.4. The summed E-state index contributed by atoms with van der Waals surface area (Å²) < 4.78 is 34.0. The third-order valence-electron chi connectivity index (χ3n) is 5.50. The summed E-state index contributed by atoms with van der Waals surface area (Å²) in [6, 6.07) is 10.2. The topological polar surface area (TPSA) is 220 Å². The molecule has 0 aliphatic carbocycles. The minimum Gasteiger partial charge on any atom is -0.326 e. The number of carbonyl (C=O) groups is 1.